The molecule has 1 aromatic carbocycles. The van der Waals surface area contributed by atoms with E-state index in [4.69, 9.17) is 0 Å². The number of rotatable bonds is 3. The summed E-state index contributed by atoms with van der Waals surface area (Å²) >= 11 is 0. The maximum Gasteiger partial charge on any atom is 0.322 e. The molecule has 0 saturated heterocycles. The van der Waals surface area contributed by atoms with Crippen molar-refractivity contribution in [3.05, 3.63) is 30.1 Å². The summed E-state index contributed by atoms with van der Waals surface area (Å²) in [4.78, 5) is 13.6. The van der Waals surface area contributed by atoms with Crippen LogP contribution in [-0.4, -0.2) is 18.6 Å². The molecule has 1 aromatic rings. The number of urea groups is 1. The van der Waals surface area contributed by atoms with Gasteiger partial charge in [-0.05, 0) is 31.9 Å². The van der Waals surface area contributed by atoms with Crippen LogP contribution in [0.3, 0.4) is 0 Å². The maximum absolute atomic E-state index is 13.7. The summed E-state index contributed by atoms with van der Waals surface area (Å²) in [5, 5.41) is 2.98. The molecule has 0 bridgehead atoms. The number of para-hydroxylation sites is 1. The van der Waals surface area contributed by atoms with Crippen molar-refractivity contribution in [3.63, 3.8) is 0 Å². The lowest BCUT2D eigenvalue weighted by Gasteiger charge is -2.24. The monoisotopic (exact) mass is 250 g/mol. The second-order valence-corrected chi connectivity index (χ2v) is 4.63. The first-order chi connectivity index (χ1) is 8.72. The van der Waals surface area contributed by atoms with Gasteiger partial charge in [0.2, 0.25) is 0 Å². The van der Waals surface area contributed by atoms with Crippen LogP contribution in [0.1, 0.15) is 32.6 Å². The summed E-state index contributed by atoms with van der Waals surface area (Å²) in [6, 6.07) is 6.42. The van der Waals surface area contributed by atoms with Crippen molar-refractivity contribution in [1.82, 2.24) is 5.32 Å². The van der Waals surface area contributed by atoms with E-state index in [1.807, 2.05) is 6.92 Å². The van der Waals surface area contributed by atoms with Crippen molar-refractivity contribution in [2.75, 3.05) is 11.4 Å². The summed E-state index contributed by atoms with van der Waals surface area (Å²) in [5.41, 5.74) is 0.343. The van der Waals surface area contributed by atoms with Gasteiger partial charge in [0.1, 0.15) is 5.82 Å². The highest BCUT2D eigenvalue weighted by molar-refractivity contribution is 5.92. The molecule has 4 heteroatoms. The standard InChI is InChI=1S/C14H19FN2O/c1-2-17(13-10-6-5-9-12(13)15)14(18)16-11-7-3-4-8-11/h5-6,9-11H,2-4,7-8H2,1H3,(H,16,18). The fourth-order valence-corrected chi connectivity index (χ4v) is 2.42. The molecule has 1 aliphatic carbocycles. The molecule has 0 atom stereocenters. The topological polar surface area (TPSA) is 32.3 Å². The van der Waals surface area contributed by atoms with E-state index in [0.717, 1.165) is 25.7 Å². The molecule has 0 aliphatic heterocycles. The van der Waals surface area contributed by atoms with E-state index in [0.29, 0.717) is 12.2 Å². The van der Waals surface area contributed by atoms with E-state index in [-0.39, 0.29) is 17.9 Å². The van der Waals surface area contributed by atoms with Crippen molar-refractivity contribution in [1.29, 1.82) is 0 Å². The normalized spacial score (nSPS) is 15.7. The molecule has 0 aromatic heterocycles. The van der Waals surface area contributed by atoms with Crippen LogP contribution >= 0.6 is 0 Å². The Bertz CT molecular complexity index is 416. The van der Waals surface area contributed by atoms with Gasteiger partial charge in [-0.1, -0.05) is 25.0 Å². The van der Waals surface area contributed by atoms with Gasteiger partial charge in [-0.2, -0.15) is 0 Å². The molecule has 2 amide bonds. The number of benzene rings is 1. The van der Waals surface area contributed by atoms with Gasteiger partial charge in [0.05, 0.1) is 5.69 Å². The largest absolute Gasteiger partial charge is 0.335 e. The van der Waals surface area contributed by atoms with Crippen LogP contribution < -0.4 is 10.2 Å². The van der Waals surface area contributed by atoms with Crippen molar-refractivity contribution < 1.29 is 9.18 Å². The average molecular weight is 250 g/mol. The van der Waals surface area contributed by atoms with Crippen molar-refractivity contribution >= 4 is 11.7 Å². The van der Waals surface area contributed by atoms with Crippen molar-refractivity contribution in [2.45, 2.75) is 38.6 Å². The maximum atomic E-state index is 13.7. The fraction of sp³-hybridized carbons (Fsp3) is 0.500. The van der Waals surface area contributed by atoms with Gasteiger partial charge in [0, 0.05) is 12.6 Å². The van der Waals surface area contributed by atoms with Gasteiger partial charge in [-0.25, -0.2) is 9.18 Å². The number of halogens is 1. The molecule has 0 unspecified atom stereocenters. The molecule has 1 N–H and O–H groups in total. The molecule has 1 saturated carbocycles. The van der Waals surface area contributed by atoms with Crippen LogP contribution in [0.25, 0.3) is 0 Å². The molecule has 1 fully saturated rings. The molecular weight excluding hydrogens is 231 g/mol. The summed E-state index contributed by atoms with van der Waals surface area (Å²) in [5.74, 6) is -0.360. The van der Waals surface area contributed by atoms with Gasteiger partial charge >= 0.3 is 6.03 Å². The van der Waals surface area contributed by atoms with Crippen molar-refractivity contribution in [3.8, 4) is 0 Å². The Hall–Kier alpha value is -1.58. The van der Waals surface area contributed by atoms with Gasteiger partial charge < -0.3 is 5.32 Å². The lowest BCUT2D eigenvalue weighted by atomic mass is 10.2. The highest BCUT2D eigenvalue weighted by Crippen LogP contribution is 2.21. The number of amides is 2. The molecule has 18 heavy (non-hydrogen) atoms. The van der Waals surface area contributed by atoms with Crippen LogP contribution in [0.2, 0.25) is 0 Å². The third-order valence-electron chi connectivity index (χ3n) is 3.39. The molecule has 3 nitrogen and oxygen atoms in total. The predicted octanol–water partition coefficient (Wildman–Crippen LogP) is 3.30. The lowest BCUT2D eigenvalue weighted by Crippen LogP contribution is -2.44. The average Bonchev–Trinajstić information content (AvgIpc) is 2.85. The fourth-order valence-electron chi connectivity index (χ4n) is 2.42. The first-order valence-corrected chi connectivity index (χ1v) is 6.55. The van der Waals surface area contributed by atoms with E-state index >= 15 is 0 Å². The van der Waals surface area contributed by atoms with Gasteiger partial charge in [0.15, 0.2) is 0 Å². The zero-order chi connectivity index (χ0) is 13.0. The minimum Gasteiger partial charge on any atom is -0.335 e. The Kier molecular flexibility index (Phi) is 4.18. The Morgan fingerprint density at radius 2 is 2.06 bits per heavy atom. The molecular formula is C14H19FN2O. The van der Waals surface area contributed by atoms with E-state index < -0.39 is 0 Å². The Morgan fingerprint density at radius 1 is 1.39 bits per heavy atom. The van der Waals surface area contributed by atoms with Crippen LogP contribution in [0.5, 0.6) is 0 Å². The number of nitrogens with zero attached hydrogens (tertiary/aromatic N) is 1. The molecule has 98 valence electrons. The smallest absolute Gasteiger partial charge is 0.322 e. The second-order valence-electron chi connectivity index (χ2n) is 4.63. The summed E-state index contributed by atoms with van der Waals surface area (Å²) < 4.78 is 13.7. The number of hydrogen-bond acceptors (Lipinski definition) is 1. The quantitative estimate of drug-likeness (QED) is 0.877. The highest BCUT2D eigenvalue weighted by atomic mass is 19.1. The predicted molar refractivity (Wildman–Crippen MR) is 70.2 cm³/mol. The third kappa shape index (κ3) is 2.81. The molecule has 0 heterocycles. The van der Waals surface area contributed by atoms with E-state index in [1.54, 1.807) is 18.2 Å². The SMILES string of the molecule is CCN(C(=O)NC1CCCC1)c1ccccc1F. The van der Waals surface area contributed by atoms with Crippen LogP contribution in [0, 0.1) is 5.82 Å². The molecule has 0 radical (unpaired) electrons. The minimum absolute atomic E-state index is 0.200. The zero-order valence-corrected chi connectivity index (χ0v) is 10.7. The number of nitrogens with one attached hydrogen (secondary N) is 1. The highest BCUT2D eigenvalue weighted by Gasteiger charge is 2.22. The minimum atomic E-state index is -0.360. The van der Waals surface area contributed by atoms with Crippen LogP contribution in [-0.2, 0) is 0 Å². The Labute approximate surface area is 107 Å². The summed E-state index contributed by atoms with van der Waals surface area (Å²) in [7, 11) is 0. The zero-order valence-electron chi connectivity index (χ0n) is 10.7. The molecule has 1 aliphatic rings. The number of carbonyl (C=O) groups is 1. The Balaban J connectivity index is 2.08. The lowest BCUT2D eigenvalue weighted by molar-refractivity contribution is 0.242. The van der Waals surface area contributed by atoms with E-state index in [2.05, 4.69) is 5.32 Å². The van der Waals surface area contributed by atoms with E-state index in [1.165, 1.54) is 11.0 Å². The van der Waals surface area contributed by atoms with Gasteiger partial charge in [-0.3, -0.25) is 4.90 Å². The number of hydrogen-bond donors (Lipinski definition) is 1. The second kappa shape index (κ2) is 5.85. The summed E-state index contributed by atoms with van der Waals surface area (Å²) in [6.45, 7) is 2.31. The first-order valence-electron chi connectivity index (χ1n) is 6.55. The van der Waals surface area contributed by atoms with Crippen molar-refractivity contribution in [2.24, 2.45) is 0 Å². The van der Waals surface area contributed by atoms with E-state index in [9.17, 15) is 9.18 Å². The van der Waals surface area contributed by atoms with Gasteiger partial charge in [0.25, 0.3) is 0 Å². The number of anilines is 1. The summed E-state index contributed by atoms with van der Waals surface area (Å²) in [6.07, 6.45) is 4.38. The van der Waals surface area contributed by atoms with Gasteiger partial charge in [-0.15, -0.1) is 0 Å². The molecule has 2 rings (SSSR count). The van der Waals surface area contributed by atoms with Crippen LogP contribution in [0.4, 0.5) is 14.9 Å². The first kappa shape index (κ1) is 12.9. The number of carbonyl (C=O) groups excluding carboxylic acids is 1. The third-order valence-corrected chi connectivity index (χ3v) is 3.39. The van der Waals surface area contributed by atoms with Crippen LogP contribution in [0.15, 0.2) is 24.3 Å². The molecule has 0 spiro atoms. The Morgan fingerprint density at radius 3 is 2.67 bits per heavy atom.